The van der Waals surface area contributed by atoms with Gasteiger partial charge in [0.25, 0.3) is 0 Å². The molecule has 104 valence electrons. The summed E-state index contributed by atoms with van der Waals surface area (Å²) in [5.41, 5.74) is 2.44. The second kappa shape index (κ2) is 6.40. The Hall–Kier alpha value is -1.06. The van der Waals surface area contributed by atoms with Gasteiger partial charge in [-0.15, -0.1) is 12.4 Å². The van der Waals surface area contributed by atoms with E-state index in [-0.39, 0.29) is 24.4 Å². The minimum Gasteiger partial charge on any atom is -0.311 e. The molecular weight excluding hydrogens is 260 g/mol. The van der Waals surface area contributed by atoms with Crippen molar-refractivity contribution in [2.24, 2.45) is 0 Å². The largest absolute Gasteiger partial charge is 0.311 e. The van der Waals surface area contributed by atoms with Gasteiger partial charge in [-0.05, 0) is 43.9 Å². The van der Waals surface area contributed by atoms with Gasteiger partial charge < -0.3 is 10.2 Å². The Morgan fingerprint density at radius 2 is 2.05 bits per heavy atom. The molecule has 1 aromatic rings. The van der Waals surface area contributed by atoms with E-state index in [0.29, 0.717) is 0 Å². The number of nitrogens with zero attached hydrogens (tertiary/aromatic N) is 1. The number of fused-ring (bicyclic) bond motifs is 1. The number of hydrogen-bond acceptors (Lipinski definition) is 2. The lowest BCUT2D eigenvalue weighted by atomic mass is 9.98. The maximum absolute atomic E-state index is 12.6. The fourth-order valence-electron chi connectivity index (χ4n) is 3.01. The summed E-state index contributed by atoms with van der Waals surface area (Å²) >= 11 is 0. The Kier molecular flexibility index (Phi) is 4.83. The average Bonchev–Trinajstić information content (AvgIpc) is 2.47. The highest BCUT2D eigenvalue weighted by Gasteiger charge is 2.29. The number of amides is 1. The van der Waals surface area contributed by atoms with Crippen molar-refractivity contribution in [3.63, 3.8) is 0 Å². The number of aryl methyl sites for hydroxylation is 1. The van der Waals surface area contributed by atoms with Gasteiger partial charge in [0.1, 0.15) is 0 Å². The average molecular weight is 281 g/mol. The van der Waals surface area contributed by atoms with Crippen LogP contribution < -0.4 is 10.2 Å². The number of benzene rings is 1. The lowest BCUT2D eigenvalue weighted by Crippen LogP contribution is -2.50. The van der Waals surface area contributed by atoms with Crippen molar-refractivity contribution < 1.29 is 4.79 Å². The van der Waals surface area contributed by atoms with Gasteiger partial charge in [-0.1, -0.05) is 24.6 Å². The third-order valence-corrected chi connectivity index (χ3v) is 3.98. The van der Waals surface area contributed by atoms with Gasteiger partial charge in [-0.3, -0.25) is 4.79 Å². The molecular formula is C15H21ClN2O. The van der Waals surface area contributed by atoms with E-state index in [1.165, 1.54) is 18.4 Å². The minimum atomic E-state index is 0. The summed E-state index contributed by atoms with van der Waals surface area (Å²) in [5.74, 6) is 0.266. The first-order chi connectivity index (χ1) is 8.86. The van der Waals surface area contributed by atoms with E-state index in [9.17, 15) is 4.79 Å². The highest BCUT2D eigenvalue weighted by Crippen LogP contribution is 2.27. The normalized spacial score (nSPS) is 22.3. The highest BCUT2D eigenvalue weighted by atomic mass is 35.5. The highest BCUT2D eigenvalue weighted by molar-refractivity contribution is 5.98. The molecule has 2 aliphatic rings. The third kappa shape index (κ3) is 2.93. The van der Waals surface area contributed by atoms with Crippen LogP contribution in [0.1, 0.15) is 31.2 Å². The summed E-state index contributed by atoms with van der Waals surface area (Å²) in [6.45, 7) is 1.85. The molecule has 1 aromatic carbocycles. The number of piperidine rings is 1. The second-order valence-corrected chi connectivity index (χ2v) is 5.22. The van der Waals surface area contributed by atoms with E-state index in [1.807, 2.05) is 11.0 Å². The van der Waals surface area contributed by atoms with Crippen LogP contribution in [0.4, 0.5) is 5.69 Å². The molecule has 1 unspecified atom stereocenters. The van der Waals surface area contributed by atoms with E-state index in [0.717, 1.165) is 38.0 Å². The molecule has 1 N–H and O–H groups in total. The van der Waals surface area contributed by atoms with E-state index >= 15 is 0 Å². The first kappa shape index (κ1) is 14.4. The number of carbonyl (C=O) groups is 1. The van der Waals surface area contributed by atoms with E-state index in [1.54, 1.807) is 0 Å². The van der Waals surface area contributed by atoms with Gasteiger partial charge in [0, 0.05) is 12.2 Å². The van der Waals surface area contributed by atoms with Gasteiger partial charge in [-0.25, -0.2) is 0 Å². The predicted octanol–water partition coefficient (Wildman–Crippen LogP) is 2.53. The molecule has 0 bridgehead atoms. The van der Waals surface area contributed by atoms with Crippen LogP contribution in [0.25, 0.3) is 0 Å². The molecule has 1 fully saturated rings. The fourth-order valence-corrected chi connectivity index (χ4v) is 3.01. The van der Waals surface area contributed by atoms with Crippen LogP contribution in [0.3, 0.4) is 0 Å². The van der Waals surface area contributed by atoms with E-state index in [4.69, 9.17) is 0 Å². The number of nitrogens with one attached hydrogen (secondary N) is 1. The molecule has 1 atom stereocenters. The summed E-state index contributed by atoms with van der Waals surface area (Å²) in [7, 11) is 0. The topological polar surface area (TPSA) is 32.3 Å². The molecule has 0 radical (unpaired) electrons. The van der Waals surface area contributed by atoms with E-state index in [2.05, 4.69) is 23.5 Å². The SMILES string of the molecule is Cl.O=C(C1CCCCN1)N1CCCc2ccccc21. The van der Waals surface area contributed by atoms with Crippen molar-refractivity contribution in [2.75, 3.05) is 18.0 Å². The third-order valence-electron chi connectivity index (χ3n) is 3.98. The Labute approximate surface area is 120 Å². The molecule has 3 rings (SSSR count). The summed E-state index contributed by atoms with van der Waals surface area (Å²) in [4.78, 5) is 14.6. The first-order valence-corrected chi connectivity index (χ1v) is 6.99. The van der Waals surface area contributed by atoms with E-state index < -0.39 is 0 Å². The number of halogens is 1. The number of para-hydroxylation sites is 1. The molecule has 2 aliphatic heterocycles. The Morgan fingerprint density at radius 1 is 1.21 bits per heavy atom. The van der Waals surface area contributed by atoms with Crippen LogP contribution in [-0.2, 0) is 11.2 Å². The number of anilines is 1. The zero-order valence-corrected chi connectivity index (χ0v) is 11.9. The second-order valence-electron chi connectivity index (χ2n) is 5.22. The molecule has 2 heterocycles. The van der Waals surface area contributed by atoms with Crippen molar-refractivity contribution in [3.8, 4) is 0 Å². The maximum atomic E-state index is 12.6. The maximum Gasteiger partial charge on any atom is 0.244 e. The number of rotatable bonds is 1. The van der Waals surface area contributed by atoms with Gasteiger partial charge in [0.05, 0.1) is 6.04 Å². The molecule has 0 saturated carbocycles. The minimum absolute atomic E-state index is 0. The van der Waals surface area contributed by atoms with Crippen molar-refractivity contribution in [1.29, 1.82) is 0 Å². The van der Waals surface area contributed by atoms with Gasteiger partial charge >= 0.3 is 0 Å². The van der Waals surface area contributed by atoms with Crippen molar-refractivity contribution in [2.45, 2.75) is 38.1 Å². The van der Waals surface area contributed by atoms with Crippen LogP contribution in [-0.4, -0.2) is 25.0 Å². The molecule has 19 heavy (non-hydrogen) atoms. The summed E-state index contributed by atoms with van der Waals surface area (Å²) in [5, 5.41) is 3.36. The lowest BCUT2D eigenvalue weighted by Gasteiger charge is -2.34. The lowest BCUT2D eigenvalue weighted by molar-refractivity contribution is -0.121. The molecule has 4 heteroatoms. The zero-order valence-electron chi connectivity index (χ0n) is 11.1. The smallest absolute Gasteiger partial charge is 0.244 e. The Balaban J connectivity index is 0.00000133. The Bertz CT molecular complexity index is 444. The molecule has 0 spiro atoms. The van der Waals surface area contributed by atoms with Crippen molar-refractivity contribution in [3.05, 3.63) is 29.8 Å². The van der Waals surface area contributed by atoms with Gasteiger partial charge in [0.2, 0.25) is 5.91 Å². The standard InChI is InChI=1S/C15H20N2O.ClH/c18-15(13-8-3-4-10-16-13)17-11-5-7-12-6-1-2-9-14(12)17;/h1-2,6,9,13,16H,3-5,7-8,10-11H2;1H. The quantitative estimate of drug-likeness (QED) is 0.857. The van der Waals surface area contributed by atoms with Crippen molar-refractivity contribution in [1.82, 2.24) is 5.32 Å². The van der Waals surface area contributed by atoms with Crippen LogP contribution in [0.2, 0.25) is 0 Å². The Morgan fingerprint density at radius 3 is 2.84 bits per heavy atom. The van der Waals surface area contributed by atoms with Crippen LogP contribution >= 0.6 is 12.4 Å². The molecule has 0 aliphatic carbocycles. The molecule has 1 amide bonds. The summed E-state index contributed by atoms with van der Waals surface area (Å²) in [6, 6.07) is 8.34. The molecule has 3 nitrogen and oxygen atoms in total. The monoisotopic (exact) mass is 280 g/mol. The van der Waals surface area contributed by atoms with Gasteiger partial charge in [0.15, 0.2) is 0 Å². The summed E-state index contributed by atoms with van der Waals surface area (Å²) < 4.78 is 0. The zero-order chi connectivity index (χ0) is 12.4. The fraction of sp³-hybridized carbons (Fsp3) is 0.533. The number of hydrogen-bond donors (Lipinski definition) is 1. The summed E-state index contributed by atoms with van der Waals surface area (Å²) in [6.07, 6.45) is 5.52. The van der Waals surface area contributed by atoms with Crippen LogP contribution in [0, 0.1) is 0 Å². The van der Waals surface area contributed by atoms with Gasteiger partial charge in [-0.2, -0.15) is 0 Å². The van der Waals surface area contributed by atoms with Crippen LogP contribution in [0.5, 0.6) is 0 Å². The first-order valence-electron chi connectivity index (χ1n) is 6.99. The molecule has 1 saturated heterocycles. The molecule has 0 aromatic heterocycles. The predicted molar refractivity (Wildman–Crippen MR) is 80.0 cm³/mol. The van der Waals surface area contributed by atoms with Crippen molar-refractivity contribution >= 4 is 24.0 Å². The number of carbonyl (C=O) groups excluding carboxylic acids is 1. The van der Waals surface area contributed by atoms with Crippen LogP contribution in [0.15, 0.2) is 24.3 Å².